The monoisotopic (exact) mass is 431 g/mol. The van der Waals surface area contributed by atoms with E-state index in [0.29, 0.717) is 28.0 Å². The van der Waals surface area contributed by atoms with E-state index in [1.165, 1.54) is 5.56 Å². The van der Waals surface area contributed by atoms with Gasteiger partial charge in [0, 0.05) is 11.6 Å². The van der Waals surface area contributed by atoms with Gasteiger partial charge in [-0.1, -0.05) is 29.0 Å². The molecule has 0 atom stereocenters. The molecule has 0 aliphatic rings. The Morgan fingerprint density at radius 3 is 2.62 bits per heavy atom. The molecular formula is C22H26ClN3O2S. The number of carbonyl (C=O) groups excluding carboxylic acids is 1. The third-order valence-electron chi connectivity index (χ3n) is 4.66. The Kier molecular flexibility index (Phi) is 6.77. The molecule has 0 bridgehead atoms. The van der Waals surface area contributed by atoms with Gasteiger partial charge in [-0.2, -0.15) is 0 Å². The number of amides is 1. The molecule has 1 amide bonds. The van der Waals surface area contributed by atoms with Crippen LogP contribution >= 0.6 is 22.9 Å². The second kappa shape index (κ2) is 9.11. The first-order valence-corrected chi connectivity index (χ1v) is 10.7. The number of aromatic nitrogens is 1. The van der Waals surface area contributed by atoms with E-state index in [1.54, 1.807) is 41.5 Å². The molecule has 3 rings (SSSR count). The average Bonchev–Trinajstić information content (AvgIpc) is 3.08. The first kappa shape index (κ1) is 21.6. The number of fused-ring (bicyclic) bond motifs is 1. The number of hydrogen-bond donors (Lipinski definition) is 0. The fraction of sp³-hybridized carbons (Fsp3) is 0.364. The minimum atomic E-state index is -0.156. The molecular weight excluding hydrogens is 406 g/mol. The number of methoxy groups -OCH3 is 1. The van der Waals surface area contributed by atoms with Gasteiger partial charge in [-0.3, -0.25) is 9.69 Å². The number of hydrogen-bond acceptors (Lipinski definition) is 5. The smallest absolute Gasteiger partial charge is 0.263 e. The fourth-order valence-corrected chi connectivity index (χ4v) is 4.51. The number of benzene rings is 2. The zero-order valence-corrected chi connectivity index (χ0v) is 19.0. The van der Waals surface area contributed by atoms with E-state index >= 15 is 0 Å². The highest BCUT2D eigenvalue weighted by Gasteiger charge is 2.24. The van der Waals surface area contributed by atoms with Gasteiger partial charge in [0.15, 0.2) is 5.13 Å². The van der Waals surface area contributed by atoms with E-state index in [0.717, 1.165) is 28.7 Å². The van der Waals surface area contributed by atoms with Crippen LogP contribution in [0.2, 0.25) is 5.02 Å². The molecule has 1 heterocycles. The summed E-state index contributed by atoms with van der Waals surface area (Å²) in [7, 11) is 5.60. The molecule has 2 aromatic carbocycles. The van der Waals surface area contributed by atoms with E-state index < -0.39 is 0 Å². The number of thiazole rings is 1. The van der Waals surface area contributed by atoms with Crippen LogP contribution in [0.15, 0.2) is 30.3 Å². The molecule has 5 nitrogen and oxygen atoms in total. The van der Waals surface area contributed by atoms with E-state index in [-0.39, 0.29) is 5.91 Å². The molecule has 0 radical (unpaired) electrons. The molecule has 0 unspecified atom stereocenters. The molecule has 7 heteroatoms. The molecule has 0 aliphatic carbocycles. The van der Waals surface area contributed by atoms with Crippen LogP contribution < -0.4 is 9.64 Å². The SMILES string of the molecule is COc1ccc(Cl)cc1C(=O)N(CCCN(C)C)c1nc2cc(C)cc(C)c2s1. The third-order valence-corrected chi connectivity index (χ3v) is 6.13. The second-order valence-corrected chi connectivity index (χ2v) is 8.80. The van der Waals surface area contributed by atoms with Crippen molar-refractivity contribution in [2.45, 2.75) is 20.3 Å². The molecule has 0 saturated carbocycles. The van der Waals surface area contributed by atoms with Crippen molar-refractivity contribution in [3.05, 3.63) is 52.0 Å². The van der Waals surface area contributed by atoms with E-state index in [9.17, 15) is 4.79 Å². The minimum absolute atomic E-state index is 0.156. The van der Waals surface area contributed by atoms with Gasteiger partial charge >= 0.3 is 0 Å². The van der Waals surface area contributed by atoms with Crippen molar-refractivity contribution in [1.29, 1.82) is 0 Å². The molecule has 0 fully saturated rings. The first-order chi connectivity index (χ1) is 13.8. The number of anilines is 1. The Labute approximate surface area is 180 Å². The predicted molar refractivity (Wildman–Crippen MR) is 122 cm³/mol. The molecule has 0 aliphatic heterocycles. The van der Waals surface area contributed by atoms with Gasteiger partial charge in [-0.25, -0.2) is 4.98 Å². The first-order valence-electron chi connectivity index (χ1n) is 9.48. The number of rotatable bonds is 7. The van der Waals surface area contributed by atoms with Crippen LogP contribution in [0.5, 0.6) is 5.75 Å². The molecule has 1 aromatic heterocycles. The van der Waals surface area contributed by atoms with Gasteiger partial charge in [0.1, 0.15) is 5.75 Å². The minimum Gasteiger partial charge on any atom is -0.496 e. The van der Waals surface area contributed by atoms with Crippen LogP contribution in [-0.2, 0) is 0 Å². The van der Waals surface area contributed by atoms with Gasteiger partial charge in [0.05, 0.1) is 22.9 Å². The summed E-state index contributed by atoms with van der Waals surface area (Å²) in [4.78, 5) is 22.2. The number of ether oxygens (including phenoxy) is 1. The van der Waals surface area contributed by atoms with Crippen LogP contribution in [-0.4, -0.2) is 50.1 Å². The summed E-state index contributed by atoms with van der Waals surface area (Å²) in [6.07, 6.45) is 0.829. The summed E-state index contributed by atoms with van der Waals surface area (Å²) < 4.78 is 6.52. The number of nitrogens with zero attached hydrogens (tertiary/aromatic N) is 3. The summed E-state index contributed by atoms with van der Waals surface area (Å²) in [5, 5.41) is 1.19. The number of carbonyl (C=O) groups is 1. The maximum atomic E-state index is 13.5. The number of aryl methyl sites for hydroxylation is 2. The number of halogens is 1. The average molecular weight is 432 g/mol. The molecule has 0 spiro atoms. The van der Waals surface area contributed by atoms with E-state index in [2.05, 4.69) is 30.9 Å². The summed E-state index contributed by atoms with van der Waals surface area (Å²) in [5.41, 5.74) is 3.70. The third kappa shape index (κ3) is 4.89. The lowest BCUT2D eigenvalue weighted by atomic mass is 10.1. The molecule has 29 heavy (non-hydrogen) atoms. The van der Waals surface area contributed by atoms with E-state index in [4.69, 9.17) is 21.3 Å². The summed E-state index contributed by atoms with van der Waals surface area (Å²) in [6, 6.07) is 9.30. The quantitative estimate of drug-likeness (QED) is 0.517. The maximum Gasteiger partial charge on any atom is 0.263 e. The van der Waals surface area contributed by atoms with Crippen LogP contribution in [0.3, 0.4) is 0 Å². The Balaban J connectivity index is 2.04. The van der Waals surface area contributed by atoms with Crippen LogP contribution in [0.4, 0.5) is 5.13 Å². The molecule has 0 saturated heterocycles. The Hall–Kier alpha value is -2.15. The maximum absolute atomic E-state index is 13.5. The largest absolute Gasteiger partial charge is 0.496 e. The fourth-order valence-electron chi connectivity index (χ4n) is 3.30. The second-order valence-electron chi connectivity index (χ2n) is 7.38. The highest BCUT2D eigenvalue weighted by molar-refractivity contribution is 7.22. The summed E-state index contributed by atoms with van der Waals surface area (Å²) >= 11 is 7.72. The normalized spacial score (nSPS) is 11.3. The lowest BCUT2D eigenvalue weighted by Gasteiger charge is -2.22. The van der Waals surface area contributed by atoms with Crippen molar-refractivity contribution in [1.82, 2.24) is 9.88 Å². The zero-order chi connectivity index (χ0) is 21.1. The van der Waals surface area contributed by atoms with Crippen molar-refractivity contribution in [2.24, 2.45) is 0 Å². The highest BCUT2D eigenvalue weighted by atomic mass is 35.5. The molecule has 3 aromatic rings. The standard InChI is InChI=1S/C22H26ClN3O2S/c1-14-11-15(2)20-18(12-14)24-22(29-20)26(10-6-9-25(3)4)21(27)17-13-16(23)7-8-19(17)28-5/h7-8,11-13H,6,9-10H2,1-5H3. The van der Waals surface area contributed by atoms with Crippen molar-refractivity contribution in [3.8, 4) is 5.75 Å². The topological polar surface area (TPSA) is 45.7 Å². The predicted octanol–water partition coefficient (Wildman–Crippen LogP) is 5.17. The van der Waals surface area contributed by atoms with Gasteiger partial charge in [-0.05, 0) is 76.3 Å². The van der Waals surface area contributed by atoms with Gasteiger partial charge in [-0.15, -0.1) is 0 Å². The van der Waals surface area contributed by atoms with Crippen LogP contribution in [0, 0.1) is 13.8 Å². The van der Waals surface area contributed by atoms with Gasteiger partial charge in [0.25, 0.3) is 5.91 Å². The van der Waals surface area contributed by atoms with Crippen LogP contribution in [0.1, 0.15) is 27.9 Å². The van der Waals surface area contributed by atoms with Crippen molar-refractivity contribution >= 4 is 44.2 Å². The van der Waals surface area contributed by atoms with Crippen molar-refractivity contribution < 1.29 is 9.53 Å². The molecule has 0 N–H and O–H groups in total. The Morgan fingerprint density at radius 2 is 1.93 bits per heavy atom. The zero-order valence-electron chi connectivity index (χ0n) is 17.5. The van der Waals surface area contributed by atoms with Gasteiger partial charge in [0.2, 0.25) is 0 Å². The van der Waals surface area contributed by atoms with E-state index in [1.807, 2.05) is 14.1 Å². The Morgan fingerprint density at radius 1 is 1.17 bits per heavy atom. The van der Waals surface area contributed by atoms with Crippen molar-refractivity contribution in [3.63, 3.8) is 0 Å². The van der Waals surface area contributed by atoms with Gasteiger partial charge < -0.3 is 9.64 Å². The van der Waals surface area contributed by atoms with Crippen molar-refractivity contribution in [2.75, 3.05) is 39.2 Å². The Bertz CT molecular complexity index is 1030. The summed E-state index contributed by atoms with van der Waals surface area (Å²) in [6.45, 7) is 5.57. The lowest BCUT2D eigenvalue weighted by Crippen LogP contribution is -2.33. The highest BCUT2D eigenvalue weighted by Crippen LogP contribution is 2.34. The molecule has 154 valence electrons. The lowest BCUT2D eigenvalue weighted by molar-refractivity contribution is 0.0983. The van der Waals surface area contributed by atoms with Crippen LogP contribution in [0.25, 0.3) is 10.2 Å². The summed E-state index contributed by atoms with van der Waals surface area (Å²) in [5.74, 6) is 0.349.